The van der Waals surface area contributed by atoms with E-state index in [0.717, 1.165) is 28.2 Å². The molecule has 84 valence electrons. The zero-order valence-corrected chi connectivity index (χ0v) is 9.88. The molecule has 0 amide bonds. The zero-order chi connectivity index (χ0) is 11.8. The maximum Gasteiger partial charge on any atom is 0.160 e. The fraction of sp³-hybridized carbons (Fsp3) is 0.143. The van der Waals surface area contributed by atoms with Crippen LogP contribution in [0.4, 0.5) is 0 Å². The second kappa shape index (κ2) is 3.70. The molecular formula is C14H13N3. The summed E-state index contributed by atoms with van der Waals surface area (Å²) in [5, 5.41) is 0. The van der Waals surface area contributed by atoms with E-state index in [1.165, 1.54) is 0 Å². The number of aryl methyl sites for hydroxylation is 2. The molecule has 0 saturated carbocycles. The van der Waals surface area contributed by atoms with Crippen molar-refractivity contribution in [1.29, 1.82) is 0 Å². The molecule has 3 heteroatoms. The Morgan fingerprint density at radius 1 is 0.941 bits per heavy atom. The maximum absolute atomic E-state index is 4.62. The third-order valence-electron chi connectivity index (χ3n) is 2.89. The summed E-state index contributed by atoms with van der Waals surface area (Å²) in [6.07, 6.45) is 0. The van der Waals surface area contributed by atoms with E-state index in [4.69, 9.17) is 0 Å². The van der Waals surface area contributed by atoms with Gasteiger partial charge in [0.1, 0.15) is 11.3 Å². The Bertz CT molecular complexity index is 669. The SMILES string of the molecule is Cc1ccc2nc(-c3ccccc3)n(C)c2n1. The van der Waals surface area contributed by atoms with Crippen LogP contribution in [0.15, 0.2) is 42.5 Å². The Balaban J connectivity index is 2.28. The van der Waals surface area contributed by atoms with Crippen molar-refractivity contribution in [2.24, 2.45) is 7.05 Å². The van der Waals surface area contributed by atoms with Gasteiger partial charge in [0.2, 0.25) is 0 Å². The Kier molecular flexibility index (Phi) is 2.18. The number of imidazole rings is 1. The standard InChI is InChI=1S/C14H13N3/c1-10-8-9-12-14(15-10)17(2)13(16-12)11-6-4-3-5-7-11/h3-9H,1-2H3. The van der Waals surface area contributed by atoms with Gasteiger partial charge in [0, 0.05) is 18.3 Å². The first-order chi connectivity index (χ1) is 8.25. The second-order valence-electron chi connectivity index (χ2n) is 4.16. The number of fused-ring (bicyclic) bond motifs is 1. The Hall–Kier alpha value is -2.16. The van der Waals surface area contributed by atoms with E-state index in [9.17, 15) is 0 Å². The van der Waals surface area contributed by atoms with Crippen LogP contribution in [0.5, 0.6) is 0 Å². The highest BCUT2D eigenvalue weighted by atomic mass is 15.1. The molecule has 1 aromatic carbocycles. The van der Waals surface area contributed by atoms with Crippen LogP contribution in [0.3, 0.4) is 0 Å². The van der Waals surface area contributed by atoms with Crippen LogP contribution < -0.4 is 0 Å². The van der Waals surface area contributed by atoms with Crippen molar-refractivity contribution in [3.05, 3.63) is 48.2 Å². The molecule has 2 aromatic heterocycles. The van der Waals surface area contributed by atoms with Crippen LogP contribution in [0.25, 0.3) is 22.6 Å². The van der Waals surface area contributed by atoms with E-state index in [1.54, 1.807) is 0 Å². The molecule has 0 spiro atoms. The van der Waals surface area contributed by atoms with Crippen LogP contribution in [0, 0.1) is 6.92 Å². The quantitative estimate of drug-likeness (QED) is 0.635. The summed E-state index contributed by atoms with van der Waals surface area (Å²) in [5.74, 6) is 0.957. The van der Waals surface area contributed by atoms with Gasteiger partial charge in [-0.15, -0.1) is 0 Å². The van der Waals surface area contributed by atoms with Crippen molar-refractivity contribution in [2.45, 2.75) is 6.92 Å². The molecular weight excluding hydrogens is 210 g/mol. The van der Waals surface area contributed by atoms with Crippen LogP contribution >= 0.6 is 0 Å². The summed E-state index contributed by atoms with van der Waals surface area (Å²) in [6.45, 7) is 1.99. The van der Waals surface area contributed by atoms with Gasteiger partial charge in [0.25, 0.3) is 0 Å². The summed E-state index contributed by atoms with van der Waals surface area (Å²) in [6, 6.07) is 14.2. The van der Waals surface area contributed by atoms with Crippen LogP contribution in [0.1, 0.15) is 5.69 Å². The number of pyridine rings is 1. The highest BCUT2D eigenvalue weighted by Gasteiger charge is 2.10. The van der Waals surface area contributed by atoms with E-state index in [-0.39, 0.29) is 0 Å². The monoisotopic (exact) mass is 223 g/mol. The summed E-state index contributed by atoms with van der Waals surface area (Å²) in [5.41, 5.74) is 4.01. The predicted octanol–water partition coefficient (Wildman–Crippen LogP) is 2.94. The van der Waals surface area contributed by atoms with Crippen molar-refractivity contribution in [3.8, 4) is 11.4 Å². The third-order valence-corrected chi connectivity index (χ3v) is 2.89. The maximum atomic E-state index is 4.62. The van der Waals surface area contributed by atoms with Crippen molar-refractivity contribution in [2.75, 3.05) is 0 Å². The van der Waals surface area contributed by atoms with Gasteiger partial charge in [-0.1, -0.05) is 30.3 Å². The third kappa shape index (κ3) is 1.60. The minimum atomic E-state index is 0.934. The minimum absolute atomic E-state index is 0.934. The topological polar surface area (TPSA) is 30.7 Å². The largest absolute Gasteiger partial charge is 0.312 e. The van der Waals surface area contributed by atoms with Gasteiger partial charge in [0.15, 0.2) is 5.65 Å². The Labute approximate surface area is 99.8 Å². The molecule has 2 heterocycles. The van der Waals surface area contributed by atoms with Gasteiger partial charge in [0.05, 0.1) is 0 Å². The molecule has 0 atom stereocenters. The lowest BCUT2D eigenvalue weighted by atomic mass is 10.2. The number of benzene rings is 1. The average molecular weight is 223 g/mol. The molecule has 3 rings (SSSR count). The number of hydrogen-bond donors (Lipinski definition) is 0. The van der Waals surface area contributed by atoms with E-state index in [0.29, 0.717) is 0 Å². The lowest BCUT2D eigenvalue weighted by Gasteiger charge is -2.01. The first-order valence-electron chi connectivity index (χ1n) is 5.61. The predicted molar refractivity (Wildman–Crippen MR) is 68.7 cm³/mol. The summed E-state index contributed by atoms with van der Waals surface area (Å²) in [7, 11) is 2.00. The van der Waals surface area contributed by atoms with Gasteiger partial charge in [-0.25, -0.2) is 9.97 Å². The van der Waals surface area contributed by atoms with Crippen molar-refractivity contribution >= 4 is 11.2 Å². The van der Waals surface area contributed by atoms with Crippen LogP contribution in [-0.4, -0.2) is 14.5 Å². The highest BCUT2D eigenvalue weighted by Crippen LogP contribution is 2.22. The molecule has 0 fully saturated rings. The summed E-state index contributed by atoms with van der Waals surface area (Å²) in [4.78, 5) is 9.15. The lowest BCUT2D eigenvalue weighted by molar-refractivity contribution is 0.938. The van der Waals surface area contributed by atoms with Gasteiger partial charge >= 0.3 is 0 Å². The Morgan fingerprint density at radius 2 is 1.71 bits per heavy atom. The van der Waals surface area contributed by atoms with Crippen molar-refractivity contribution in [3.63, 3.8) is 0 Å². The molecule has 3 nitrogen and oxygen atoms in total. The first-order valence-corrected chi connectivity index (χ1v) is 5.61. The fourth-order valence-corrected chi connectivity index (χ4v) is 2.00. The molecule has 3 aromatic rings. The zero-order valence-electron chi connectivity index (χ0n) is 9.88. The molecule has 0 aliphatic heterocycles. The Morgan fingerprint density at radius 3 is 2.47 bits per heavy atom. The fourth-order valence-electron chi connectivity index (χ4n) is 2.00. The van der Waals surface area contributed by atoms with Crippen molar-refractivity contribution in [1.82, 2.24) is 14.5 Å². The first kappa shape index (κ1) is 10.0. The van der Waals surface area contributed by atoms with E-state index < -0.39 is 0 Å². The van der Waals surface area contributed by atoms with E-state index in [1.807, 2.05) is 48.9 Å². The molecule has 0 aliphatic rings. The second-order valence-corrected chi connectivity index (χ2v) is 4.16. The van der Waals surface area contributed by atoms with E-state index in [2.05, 4.69) is 22.1 Å². The lowest BCUT2D eigenvalue weighted by Crippen LogP contribution is -1.94. The minimum Gasteiger partial charge on any atom is -0.312 e. The van der Waals surface area contributed by atoms with Gasteiger partial charge in [-0.3, -0.25) is 0 Å². The number of nitrogens with zero attached hydrogens (tertiary/aromatic N) is 3. The molecule has 0 saturated heterocycles. The molecule has 0 radical (unpaired) electrons. The number of aromatic nitrogens is 3. The molecule has 0 N–H and O–H groups in total. The van der Waals surface area contributed by atoms with Crippen molar-refractivity contribution < 1.29 is 0 Å². The van der Waals surface area contributed by atoms with Gasteiger partial charge in [-0.05, 0) is 19.1 Å². The van der Waals surface area contributed by atoms with Gasteiger partial charge in [-0.2, -0.15) is 0 Å². The summed E-state index contributed by atoms with van der Waals surface area (Å²) < 4.78 is 2.04. The molecule has 0 unspecified atom stereocenters. The highest BCUT2D eigenvalue weighted by molar-refractivity contribution is 5.77. The normalized spacial score (nSPS) is 10.9. The summed E-state index contributed by atoms with van der Waals surface area (Å²) >= 11 is 0. The molecule has 17 heavy (non-hydrogen) atoms. The van der Waals surface area contributed by atoms with Crippen LogP contribution in [0.2, 0.25) is 0 Å². The molecule has 0 bridgehead atoms. The smallest absolute Gasteiger partial charge is 0.160 e. The van der Waals surface area contributed by atoms with Crippen LogP contribution in [-0.2, 0) is 7.05 Å². The number of rotatable bonds is 1. The average Bonchev–Trinajstić information content (AvgIpc) is 2.68. The number of hydrogen-bond acceptors (Lipinski definition) is 2. The molecule has 0 aliphatic carbocycles. The van der Waals surface area contributed by atoms with E-state index >= 15 is 0 Å². The van der Waals surface area contributed by atoms with Gasteiger partial charge < -0.3 is 4.57 Å².